The maximum absolute atomic E-state index is 12.8. The van der Waals surface area contributed by atoms with Gasteiger partial charge < -0.3 is 10.6 Å². The second-order valence-corrected chi connectivity index (χ2v) is 8.89. The van der Waals surface area contributed by atoms with Crippen LogP contribution in [0, 0.1) is 6.92 Å². The SMILES string of the molecule is Cc1ccc(SCc2ccc(C(=O)Nc3ccccc3C(=O)NCc3cccnc3)cc2)cc1. The molecule has 0 aliphatic carbocycles. The van der Waals surface area contributed by atoms with Crippen molar-refractivity contribution in [3.8, 4) is 0 Å². The highest BCUT2D eigenvalue weighted by atomic mass is 32.2. The van der Waals surface area contributed by atoms with Gasteiger partial charge in [-0.3, -0.25) is 14.6 Å². The van der Waals surface area contributed by atoms with Crippen LogP contribution < -0.4 is 10.6 Å². The second-order valence-electron chi connectivity index (χ2n) is 7.84. The minimum Gasteiger partial charge on any atom is -0.348 e. The molecule has 6 heteroatoms. The summed E-state index contributed by atoms with van der Waals surface area (Å²) in [7, 11) is 0. The Bertz CT molecular complexity index is 1260. The highest BCUT2D eigenvalue weighted by Gasteiger charge is 2.14. The van der Waals surface area contributed by atoms with Crippen molar-refractivity contribution in [2.24, 2.45) is 0 Å². The summed E-state index contributed by atoms with van der Waals surface area (Å²) < 4.78 is 0. The van der Waals surface area contributed by atoms with Gasteiger partial charge in [-0.2, -0.15) is 0 Å². The summed E-state index contributed by atoms with van der Waals surface area (Å²) >= 11 is 1.76. The lowest BCUT2D eigenvalue weighted by Crippen LogP contribution is -2.25. The van der Waals surface area contributed by atoms with Gasteiger partial charge in [0, 0.05) is 35.2 Å². The largest absolute Gasteiger partial charge is 0.348 e. The maximum atomic E-state index is 12.8. The molecule has 0 aliphatic rings. The van der Waals surface area contributed by atoms with E-state index in [-0.39, 0.29) is 11.8 Å². The number of hydrogen-bond acceptors (Lipinski definition) is 4. The molecular formula is C28H25N3O2S. The third kappa shape index (κ3) is 6.33. The van der Waals surface area contributed by atoms with Crippen molar-refractivity contribution in [1.82, 2.24) is 10.3 Å². The fourth-order valence-corrected chi connectivity index (χ4v) is 4.17. The molecule has 0 unspecified atom stereocenters. The predicted molar refractivity (Wildman–Crippen MR) is 137 cm³/mol. The molecule has 0 saturated heterocycles. The van der Waals surface area contributed by atoms with Gasteiger partial charge in [0.15, 0.2) is 0 Å². The molecule has 1 heterocycles. The Morgan fingerprint density at radius 3 is 2.32 bits per heavy atom. The van der Waals surface area contributed by atoms with E-state index in [2.05, 4.69) is 46.8 Å². The molecule has 170 valence electrons. The van der Waals surface area contributed by atoms with E-state index in [9.17, 15) is 9.59 Å². The normalized spacial score (nSPS) is 10.5. The van der Waals surface area contributed by atoms with E-state index in [1.54, 1.807) is 48.4 Å². The molecule has 0 atom stereocenters. The van der Waals surface area contributed by atoms with E-state index in [4.69, 9.17) is 0 Å². The quantitative estimate of drug-likeness (QED) is 0.318. The first-order chi connectivity index (χ1) is 16.6. The van der Waals surface area contributed by atoms with Crippen molar-refractivity contribution in [3.05, 3.63) is 125 Å². The number of aromatic nitrogens is 1. The van der Waals surface area contributed by atoms with Crippen molar-refractivity contribution in [2.45, 2.75) is 24.1 Å². The number of aryl methyl sites for hydroxylation is 1. The molecule has 0 spiro atoms. The van der Waals surface area contributed by atoms with Crippen LogP contribution in [-0.2, 0) is 12.3 Å². The minimum atomic E-state index is -0.261. The summed E-state index contributed by atoms with van der Waals surface area (Å²) in [6.07, 6.45) is 3.39. The molecule has 4 rings (SSSR count). The van der Waals surface area contributed by atoms with Crippen LogP contribution in [0.5, 0.6) is 0 Å². The van der Waals surface area contributed by atoms with Gasteiger partial charge >= 0.3 is 0 Å². The zero-order chi connectivity index (χ0) is 23.8. The Hall–Kier alpha value is -3.90. The molecule has 0 fully saturated rings. The van der Waals surface area contributed by atoms with Crippen LogP contribution in [0.1, 0.15) is 37.4 Å². The zero-order valence-electron chi connectivity index (χ0n) is 18.8. The third-order valence-electron chi connectivity index (χ3n) is 5.24. The van der Waals surface area contributed by atoms with Crippen molar-refractivity contribution in [3.63, 3.8) is 0 Å². The summed E-state index contributed by atoms with van der Waals surface area (Å²) in [5.74, 6) is 0.304. The van der Waals surface area contributed by atoms with Crippen LogP contribution in [0.15, 0.2) is 102 Å². The number of hydrogen-bond donors (Lipinski definition) is 2. The average Bonchev–Trinajstić information content (AvgIpc) is 2.88. The number of nitrogens with zero attached hydrogens (tertiary/aromatic N) is 1. The molecule has 0 bridgehead atoms. The van der Waals surface area contributed by atoms with Crippen molar-refractivity contribution in [2.75, 3.05) is 5.32 Å². The molecule has 4 aromatic rings. The number of amides is 2. The number of anilines is 1. The molecule has 0 aliphatic heterocycles. The minimum absolute atomic E-state index is 0.259. The van der Waals surface area contributed by atoms with Crippen LogP contribution in [0.2, 0.25) is 0 Å². The van der Waals surface area contributed by atoms with E-state index in [0.29, 0.717) is 23.4 Å². The number of carbonyl (C=O) groups excluding carboxylic acids is 2. The molecule has 1 aromatic heterocycles. The van der Waals surface area contributed by atoms with Gasteiger partial charge in [0.1, 0.15) is 0 Å². The highest BCUT2D eigenvalue weighted by Crippen LogP contribution is 2.23. The Morgan fingerprint density at radius 2 is 1.59 bits per heavy atom. The summed E-state index contributed by atoms with van der Waals surface area (Å²) in [6.45, 7) is 2.43. The molecule has 5 nitrogen and oxygen atoms in total. The smallest absolute Gasteiger partial charge is 0.255 e. The predicted octanol–water partition coefficient (Wildman–Crippen LogP) is 5.86. The van der Waals surface area contributed by atoms with Crippen molar-refractivity contribution >= 4 is 29.3 Å². The Labute approximate surface area is 203 Å². The Morgan fingerprint density at radius 1 is 0.824 bits per heavy atom. The van der Waals surface area contributed by atoms with Crippen LogP contribution in [0.3, 0.4) is 0 Å². The van der Waals surface area contributed by atoms with E-state index < -0.39 is 0 Å². The number of carbonyl (C=O) groups is 2. The Kier molecular flexibility index (Phi) is 7.73. The lowest BCUT2D eigenvalue weighted by atomic mass is 10.1. The maximum Gasteiger partial charge on any atom is 0.255 e. The van der Waals surface area contributed by atoms with Crippen molar-refractivity contribution in [1.29, 1.82) is 0 Å². The summed E-state index contributed by atoms with van der Waals surface area (Å²) in [5, 5.41) is 5.75. The lowest BCUT2D eigenvalue weighted by molar-refractivity contribution is 0.0951. The number of pyridine rings is 1. The monoisotopic (exact) mass is 467 g/mol. The topological polar surface area (TPSA) is 71.1 Å². The molecular weight excluding hydrogens is 442 g/mol. The van der Waals surface area contributed by atoms with Gasteiger partial charge in [0.05, 0.1) is 11.3 Å². The molecule has 2 N–H and O–H groups in total. The number of benzene rings is 3. The summed E-state index contributed by atoms with van der Waals surface area (Å²) in [4.78, 5) is 30.8. The van der Waals surface area contributed by atoms with Gasteiger partial charge in [-0.15, -0.1) is 11.8 Å². The van der Waals surface area contributed by atoms with E-state index >= 15 is 0 Å². The fourth-order valence-electron chi connectivity index (χ4n) is 3.32. The first-order valence-electron chi connectivity index (χ1n) is 10.9. The van der Waals surface area contributed by atoms with Crippen molar-refractivity contribution < 1.29 is 9.59 Å². The van der Waals surface area contributed by atoms with Crippen LogP contribution in [0.4, 0.5) is 5.69 Å². The first-order valence-corrected chi connectivity index (χ1v) is 11.9. The molecule has 0 radical (unpaired) electrons. The molecule has 34 heavy (non-hydrogen) atoms. The van der Waals surface area contributed by atoms with E-state index in [0.717, 1.165) is 16.9 Å². The number of nitrogens with one attached hydrogen (secondary N) is 2. The first kappa shape index (κ1) is 23.3. The number of thioether (sulfide) groups is 1. The van der Waals surface area contributed by atoms with Gasteiger partial charge in [-0.05, 0) is 60.5 Å². The number of rotatable bonds is 8. The van der Waals surface area contributed by atoms with Gasteiger partial charge in [0.2, 0.25) is 0 Å². The van der Waals surface area contributed by atoms with Crippen LogP contribution in [0.25, 0.3) is 0 Å². The lowest BCUT2D eigenvalue weighted by Gasteiger charge is -2.12. The second kappa shape index (κ2) is 11.3. The third-order valence-corrected chi connectivity index (χ3v) is 6.32. The van der Waals surface area contributed by atoms with Gasteiger partial charge in [0.25, 0.3) is 11.8 Å². The van der Waals surface area contributed by atoms with Crippen LogP contribution >= 0.6 is 11.8 Å². The summed E-state index contributed by atoms with van der Waals surface area (Å²) in [6, 6.07) is 26.7. The summed E-state index contributed by atoms with van der Waals surface area (Å²) in [5.41, 5.74) is 4.69. The number of para-hydroxylation sites is 1. The van der Waals surface area contributed by atoms with E-state index in [1.165, 1.54) is 10.5 Å². The van der Waals surface area contributed by atoms with Gasteiger partial charge in [-0.1, -0.05) is 48.0 Å². The molecule has 0 saturated carbocycles. The standard InChI is InChI=1S/C28H25N3O2S/c1-20-8-14-24(15-9-20)34-19-21-10-12-23(13-11-21)27(32)31-26-7-3-2-6-25(26)28(33)30-18-22-5-4-16-29-17-22/h2-17H,18-19H2,1H3,(H,30,33)(H,31,32). The van der Waals surface area contributed by atoms with E-state index in [1.807, 2.05) is 36.4 Å². The zero-order valence-corrected chi connectivity index (χ0v) is 19.6. The molecule has 2 amide bonds. The Balaban J connectivity index is 1.36. The molecule has 3 aromatic carbocycles. The van der Waals surface area contributed by atoms with Gasteiger partial charge in [-0.25, -0.2) is 0 Å². The highest BCUT2D eigenvalue weighted by molar-refractivity contribution is 7.98. The fraction of sp³-hybridized carbons (Fsp3) is 0.107. The van der Waals surface area contributed by atoms with Crippen LogP contribution in [-0.4, -0.2) is 16.8 Å². The average molecular weight is 468 g/mol.